The molecule has 2 aliphatic heterocycles. The van der Waals surface area contributed by atoms with Gasteiger partial charge in [0.15, 0.2) is 0 Å². The number of rotatable bonds is 1. The summed E-state index contributed by atoms with van der Waals surface area (Å²) in [6.45, 7) is 4.52. The van der Waals surface area contributed by atoms with E-state index in [4.69, 9.17) is 4.74 Å². The van der Waals surface area contributed by atoms with Crippen molar-refractivity contribution in [1.29, 1.82) is 0 Å². The highest BCUT2D eigenvalue weighted by Crippen LogP contribution is 2.46. The van der Waals surface area contributed by atoms with Crippen molar-refractivity contribution in [3.63, 3.8) is 0 Å². The maximum Gasteiger partial charge on any atom is 0.0812 e. The third kappa shape index (κ3) is 1.78. The van der Waals surface area contributed by atoms with E-state index in [1.54, 1.807) is 0 Å². The normalized spacial score (nSPS) is 39.5. The van der Waals surface area contributed by atoms with E-state index in [0.29, 0.717) is 18.2 Å². The van der Waals surface area contributed by atoms with E-state index in [1.807, 2.05) is 0 Å². The van der Waals surface area contributed by atoms with Crippen molar-refractivity contribution in [3.05, 3.63) is 23.5 Å². The zero-order valence-electron chi connectivity index (χ0n) is 11.8. The molecule has 1 aromatic heterocycles. The summed E-state index contributed by atoms with van der Waals surface area (Å²) in [6.07, 6.45) is 8.31. The van der Waals surface area contributed by atoms with Gasteiger partial charge in [0.1, 0.15) is 0 Å². The average Bonchev–Trinajstić information content (AvgIpc) is 2.99. The molecular weight excluding hydrogens is 238 g/mol. The largest absolute Gasteiger partial charge is 0.388 e. The first-order valence-electron chi connectivity index (χ1n) is 7.57. The predicted octanol–water partition coefficient (Wildman–Crippen LogP) is 2.99. The van der Waals surface area contributed by atoms with Crippen LogP contribution < -0.4 is 0 Å². The molecule has 2 saturated heterocycles. The fourth-order valence-electron chi connectivity index (χ4n) is 4.37. The fraction of sp³-hybridized carbons (Fsp3) is 0.750. The minimum atomic E-state index is -0.292. The lowest BCUT2D eigenvalue weighted by Gasteiger charge is -2.35. The van der Waals surface area contributed by atoms with E-state index in [0.717, 1.165) is 24.8 Å². The lowest BCUT2D eigenvalue weighted by molar-refractivity contribution is 0.0875. The van der Waals surface area contributed by atoms with Gasteiger partial charge in [-0.05, 0) is 43.6 Å². The maximum absolute atomic E-state index is 10.3. The molecule has 0 radical (unpaired) electrons. The third-order valence-corrected chi connectivity index (χ3v) is 5.24. The number of fused-ring (bicyclic) bond motifs is 3. The Morgan fingerprint density at radius 1 is 1.37 bits per heavy atom. The van der Waals surface area contributed by atoms with Crippen molar-refractivity contribution in [2.45, 2.75) is 70.3 Å². The van der Waals surface area contributed by atoms with Gasteiger partial charge in [0.25, 0.3) is 0 Å². The maximum atomic E-state index is 10.3. The molecule has 2 bridgehead atoms. The molecule has 4 unspecified atom stereocenters. The molecule has 104 valence electrons. The van der Waals surface area contributed by atoms with Gasteiger partial charge in [-0.15, -0.1) is 0 Å². The van der Waals surface area contributed by atoms with Crippen LogP contribution in [0.25, 0.3) is 0 Å². The minimum Gasteiger partial charge on any atom is -0.388 e. The van der Waals surface area contributed by atoms with E-state index in [2.05, 4.69) is 30.7 Å². The molecule has 4 atom stereocenters. The summed E-state index contributed by atoms with van der Waals surface area (Å²) >= 11 is 0. The second-order valence-electron chi connectivity index (χ2n) is 7.36. The van der Waals surface area contributed by atoms with Crippen LogP contribution in [0.4, 0.5) is 0 Å². The number of aromatic nitrogens is 1. The van der Waals surface area contributed by atoms with E-state index < -0.39 is 0 Å². The van der Waals surface area contributed by atoms with Crippen molar-refractivity contribution < 1.29 is 9.84 Å². The molecule has 4 rings (SSSR count). The van der Waals surface area contributed by atoms with Gasteiger partial charge in [0.05, 0.1) is 24.4 Å². The third-order valence-electron chi connectivity index (χ3n) is 5.24. The molecule has 1 aliphatic carbocycles. The smallest absolute Gasteiger partial charge is 0.0812 e. The van der Waals surface area contributed by atoms with Crippen LogP contribution in [-0.2, 0) is 11.2 Å². The summed E-state index contributed by atoms with van der Waals surface area (Å²) in [7, 11) is 0. The lowest BCUT2D eigenvalue weighted by atomic mass is 9.75. The van der Waals surface area contributed by atoms with Gasteiger partial charge in [-0.2, -0.15) is 0 Å². The Labute approximate surface area is 114 Å². The van der Waals surface area contributed by atoms with Gasteiger partial charge >= 0.3 is 0 Å². The summed E-state index contributed by atoms with van der Waals surface area (Å²) in [6, 6.07) is 2.63. The van der Waals surface area contributed by atoms with Crippen molar-refractivity contribution in [2.75, 3.05) is 0 Å². The van der Waals surface area contributed by atoms with Gasteiger partial charge in [-0.25, -0.2) is 0 Å². The second kappa shape index (κ2) is 3.86. The van der Waals surface area contributed by atoms with Crippen LogP contribution >= 0.6 is 0 Å². The highest BCUT2D eigenvalue weighted by Gasteiger charge is 2.43. The van der Waals surface area contributed by atoms with Crippen LogP contribution in [0.1, 0.15) is 62.9 Å². The molecule has 1 N–H and O–H groups in total. The van der Waals surface area contributed by atoms with Crippen LogP contribution in [0.15, 0.2) is 12.3 Å². The van der Waals surface area contributed by atoms with Gasteiger partial charge in [-0.1, -0.05) is 13.8 Å². The summed E-state index contributed by atoms with van der Waals surface area (Å²) in [5, 5.41) is 10.3. The van der Waals surface area contributed by atoms with Crippen LogP contribution in [0.3, 0.4) is 0 Å². The quantitative estimate of drug-likeness (QED) is 0.843. The first-order chi connectivity index (χ1) is 9.03. The van der Waals surface area contributed by atoms with Gasteiger partial charge in [0.2, 0.25) is 0 Å². The SMILES string of the molecule is CC1(C)Cc2c(ccn2C2CC3CCC2O3)C(O)C1. The molecule has 3 heterocycles. The Bertz CT molecular complexity index is 505. The number of hydrogen-bond donors (Lipinski definition) is 1. The summed E-state index contributed by atoms with van der Waals surface area (Å²) in [4.78, 5) is 0. The number of hydrogen-bond acceptors (Lipinski definition) is 2. The zero-order chi connectivity index (χ0) is 13.2. The van der Waals surface area contributed by atoms with E-state index in [1.165, 1.54) is 18.5 Å². The summed E-state index contributed by atoms with van der Waals surface area (Å²) in [5.74, 6) is 0. The van der Waals surface area contributed by atoms with E-state index in [-0.39, 0.29) is 11.5 Å². The topological polar surface area (TPSA) is 34.4 Å². The Morgan fingerprint density at radius 2 is 2.21 bits per heavy atom. The summed E-state index contributed by atoms with van der Waals surface area (Å²) < 4.78 is 8.42. The zero-order valence-corrected chi connectivity index (χ0v) is 11.8. The van der Waals surface area contributed by atoms with E-state index >= 15 is 0 Å². The van der Waals surface area contributed by atoms with Crippen LogP contribution in [-0.4, -0.2) is 21.9 Å². The first-order valence-corrected chi connectivity index (χ1v) is 7.57. The molecule has 0 amide bonds. The standard InChI is InChI=1S/C16H23NO2/c1-16(2)8-13-11(14(18)9-16)5-6-17(13)12-7-10-3-4-15(12)19-10/h5-6,10,12,14-15,18H,3-4,7-9H2,1-2H3. The lowest BCUT2D eigenvalue weighted by Crippen LogP contribution is -2.29. The molecule has 3 nitrogen and oxygen atoms in total. The molecule has 3 aliphatic rings. The Kier molecular flexibility index (Phi) is 2.43. The van der Waals surface area contributed by atoms with Crippen molar-refractivity contribution in [3.8, 4) is 0 Å². The highest BCUT2D eigenvalue weighted by atomic mass is 16.5. The van der Waals surface area contributed by atoms with Crippen molar-refractivity contribution in [1.82, 2.24) is 4.57 Å². The van der Waals surface area contributed by atoms with Crippen LogP contribution in [0.2, 0.25) is 0 Å². The van der Waals surface area contributed by atoms with Gasteiger partial charge in [-0.3, -0.25) is 0 Å². The minimum absolute atomic E-state index is 0.195. The van der Waals surface area contributed by atoms with Gasteiger partial charge in [0, 0.05) is 17.5 Å². The molecule has 0 saturated carbocycles. The Hall–Kier alpha value is -0.800. The molecule has 3 heteroatoms. The molecule has 1 aromatic rings. The summed E-state index contributed by atoms with van der Waals surface area (Å²) in [5.41, 5.74) is 2.70. The second-order valence-corrected chi connectivity index (χ2v) is 7.36. The van der Waals surface area contributed by atoms with Gasteiger partial charge < -0.3 is 14.4 Å². The van der Waals surface area contributed by atoms with Crippen LogP contribution in [0, 0.1) is 5.41 Å². The molecule has 0 aromatic carbocycles. The fourth-order valence-corrected chi connectivity index (χ4v) is 4.37. The molecular formula is C16H23NO2. The highest BCUT2D eigenvalue weighted by molar-refractivity contribution is 5.30. The number of aliphatic hydroxyl groups is 1. The monoisotopic (exact) mass is 261 g/mol. The molecule has 0 spiro atoms. The predicted molar refractivity (Wildman–Crippen MR) is 73.0 cm³/mol. The van der Waals surface area contributed by atoms with Crippen molar-refractivity contribution in [2.24, 2.45) is 5.41 Å². The number of ether oxygens (including phenoxy) is 1. The van der Waals surface area contributed by atoms with Crippen LogP contribution in [0.5, 0.6) is 0 Å². The van der Waals surface area contributed by atoms with Crippen molar-refractivity contribution >= 4 is 0 Å². The number of aliphatic hydroxyl groups excluding tert-OH is 1. The average molecular weight is 261 g/mol. The first kappa shape index (κ1) is 12.0. The number of nitrogens with zero attached hydrogens (tertiary/aromatic N) is 1. The van der Waals surface area contributed by atoms with E-state index in [9.17, 15) is 5.11 Å². The molecule has 19 heavy (non-hydrogen) atoms. The Balaban J connectivity index is 1.72. The molecule has 2 fully saturated rings. The Morgan fingerprint density at radius 3 is 2.89 bits per heavy atom.